The minimum atomic E-state index is -1.19. The number of nitrogens with zero attached hydrogens (tertiary/aromatic N) is 2. The summed E-state index contributed by atoms with van der Waals surface area (Å²) in [6.45, 7) is -1.61. The highest BCUT2D eigenvalue weighted by atomic mass is 16.4. The second kappa shape index (κ2) is 4.60. The Balaban J connectivity index is 2.76. The van der Waals surface area contributed by atoms with Crippen LogP contribution in [0.5, 0.6) is 0 Å². The first-order valence-electron chi connectivity index (χ1n) is 4.41. The molecule has 88 valence electrons. The molecule has 0 radical (unpaired) electrons. The number of carboxylic acid groups (broad SMARTS) is 2. The second-order valence-electron chi connectivity index (χ2n) is 3.31. The molecule has 8 nitrogen and oxygen atoms in total. The van der Waals surface area contributed by atoms with Gasteiger partial charge in [0.05, 0.1) is 0 Å². The van der Waals surface area contributed by atoms with Crippen LogP contribution in [0.3, 0.4) is 0 Å². The van der Waals surface area contributed by atoms with E-state index < -0.39 is 30.9 Å². The summed E-state index contributed by atoms with van der Waals surface area (Å²) < 4.78 is 0.989. The van der Waals surface area contributed by atoms with Gasteiger partial charge in [-0.15, -0.1) is 0 Å². The Morgan fingerprint density at radius 1 is 1.31 bits per heavy atom. The molecule has 1 heterocycles. The molecule has 0 atom stereocenters. The van der Waals surface area contributed by atoms with E-state index in [1.54, 1.807) is 0 Å². The van der Waals surface area contributed by atoms with E-state index >= 15 is 0 Å². The van der Waals surface area contributed by atoms with E-state index in [1.165, 1.54) is 0 Å². The first kappa shape index (κ1) is 12.0. The summed E-state index contributed by atoms with van der Waals surface area (Å²) in [5.74, 6) is -3.21. The van der Waals surface area contributed by atoms with Crippen molar-refractivity contribution in [1.82, 2.24) is 4.90 Å². The van der Waals surface area contributed by atoms with Crippen molar-refractivity contribution in [2.24, 2.45) is 0 Å². The van der Waals surface area contributed by atoms with Crippen LogP contribution in [0.4, 0.5) is 0 Å². The number of carbonyl (C=O) groups excluding carboxylic acids is 1. The molecule has 0 spiro atoms. The van der Waals surface area contributed by atoms with Crippen LogP contribution in [0.15, 0.2) is 0 Å². The summed E-state index contributed by atoms with van der Waals surface area (Å²) in [7, 11) is 0. The predicted octanol–water partition coefficient (Wildman–Crippen LogP) is -2.03. The van der Waals surface area contributed by atoms with Gasteiger partial charge in [-0.2, -0.15) is 4.58 Å². The molecule has 0 aromatic rings. The molecule has 8 heteroatoms. The van der Waals surface area contributed by atoms with E-state index in [9.17, 15) is 19.5 Å². The fraction of sp³-hybridized carbons (Fsp3) is 0.500. The molecular weight excluding hydrogens is 220 g/mol. The molecule has 1 rings (SSSR count). The van der Waals surface area contributed by atoms with Gasteiger partial charge in [0.1, 0.15) is 13.1 Å². The van der Waals surface area contributed by atoms with E-state index in [4.69, 9.17) is 10.2 Å². The molecular formula is C8H11N2O6+. The maximum atomic E-state index is 11.4. The largest absolute Gasteiger partial charge is 0.480 e. The monoisotopic (exact) mass is 231 g/mol. The van der Waals surface area contributed by atoms with E-state index in [-0.39, 0.29) is 19.0 Å². The van der Waals surface area contributed by atoms with Crippen molar-refractivity contribution < 1.29 is 34.3 Å². The molecule has 0 saturated heterocycles. The first-order chi connectivity index (χ1) is 7.40. The lowest BCUT2D eigenvalue weighted by Crippen LogP contribution is -2.51. The number of carbonyl (C=O) groups is 3. The average molecular weight is 231 g/mol. The Kier molecular flexibility index (Phi) is 3.44. The van der Waals surface area contributed by atoms with Crippen molar-refractivity contribution in [3.8, 4) is 0 Å². The minimum absolute atomic E-state index is 0.279. The van der Waals surface area contributed by atoms with E-state index in [0.29, 0.717) is 0 Å². The molecule has 0 unspecified atom stereocenters. The summed E-state index contributed by atoms with van der Waals surface area (Å²) in [5, 5.41) is 26.4. The lowest BCUT2D eigenvalue weighted by Gasteiger charge is -2.21. The molecule has 0 aliphatic carbocycles. The zero-order valence-corrected chi connectivity index (χ0v) is 8.29. The van der Waals surface area contributed by atoms with Crippen molar-refractivity contribution in [3.63, 3.8) is 0 Å². The fourth-order valence-corrected chi connectivity index (χ4v) is 1.33. The maximum Gasteiger partial charge on any atom is 0.369 e. The SMILES string of the molecule is O=C(O)CN1CC(O)=[N+](CC(=O)O)CC1=O. The van der Waals surface area contributed by atoms with E-state index in [1.807, 2.05) is 0 Å². The summed E-state index contributed by atoms with van der Waals surface area (Å²) in [4.78, 5) is 33.1. The number of carboxylic acids is 2. The summed E-state index contributed by atoms with van der Waals surface area (Å²) in [6.07, 6.45) is 0. The number of aliphatic carboxylic acids is 2. The van der Waals surface area contributed by atoms with Crippen LogP contribution in [-0.4, -0.2) is 74.7 Å². The van der Waals surface area contributed by atoms with Gasteiger partial charge in [0.15, 0.2) is 0 Å². The van der Waals surface area contributed by atoms with Gasteiger partial charge in [-0.3, -0.25) is 9.59 Å². The number of aliphatic hydroxyl groups is 1. The second-order valence-corrected chi connectivity index (χ2v) is 3.31. The van der Waals surface area contributed by atoms with Crippen molar-refractivity contribution in [1.29, 1.82) is 0 Å². The number of hydrogen-bond acceptors (Lipinski definition) is 3. The quantitative estimate of drug-likeness (QED) is 0.480. The lowest BCUT2D eigenvalue weighted by molar-refractivity contribution is -0.520. The molecule has 0 aromatic heterocycles. The third kappa shape index (κ3) is 2.94. The van der Waals surface area contributed by atoms with Crippen LogP contribution >= 0.6 is 0 Å². The van der Waals surface area contributed by atoms with Gasteiger partial charge in [0.2, 0.25) is 13.1 Å². The predicted molar refractivity (Wildman–Crippen MR) is 49.5 cm³/mol. The fourth-order valence-electron chi connectivity index (χ4n) is 1.33. The minimum Gasteiger partial charge on any atom is -0.480 e. The third-order valence-electron chi connectivity index (χ3n) is 2.03. The van der Waals surface area contributed by atoms with E-state index in [0.717, 1.165) is 9.48 Å². The summed E-state index contributed by atoms with van der Waals surface area (Å²) in [5.41, 5.74) is 0. The number of hydrogen-bond donors (Lipinski definition) is 3. The third-order valence-corrected chi connectivity index (χ3v) is 2.03. The van der Waals surface area contributed by atoms with Gasteiger partial charge >= 0.3 is 17.8 Å². The van der Waals surface area contributed by atoms with Crippen molar-refractivity contribution in [2.75, 3.05) is 26.2 Å². The standard InChI is InChI=1S/C8H10N2O6/c11-5-1-9(3-7(13)14)6(12)2-10(5)4-8(15)16/h1-4H2,(H2,13,14,15,16)/p+1. The highest BCUT2D eigenvalue weighted by molar-refractivity contribution is 5.89. The van der Waals surface area contributed by atoms with Crippen molar-refractivity contribution in [2.45, 2.75) is 0 Å². The Morgan fingerprint density at radius 3 is 2.44 bits per heavy atom. The molecule has 1 aliphatic heterocycles. The van der Waals surface area contributed by atoms with Crippen molar-refractivity contribution in [3.05, 3.63) is 0 Å². The Labute approximate surface area is 90.0 Å². The topological polar surface area (TPSA) is 118 Å². The molecule has 0 saturated carbocycles. The van der Waals surface area contributed by atoms with Crippen LogP contribution in [0.2, 0.25) is 0 Å². The molecule has 0 fully saturated rings. The molecule has 1 amide bonds. The zero-order chi connectivity index (χ0) is 12.3. The van der Waals surface area contributed by atoms with Crippen molar-refractivity contribution >= 4 is 23.7 Å². The van der Waals surface area contributed by atoms with Gasteiger partial charge in [-0.25, -0.2) is 4.79 Å². The van der Waals surface area contributed by atoms with Crippen LogP contribution in [-0.2, 0) is 14.4 Å². The summed E-state index contributed by atoms with van der Waals surface area (Å²) in [6, 6.07) is 0. The molecule has 0 bridgehead atoms. The molecule has 16 heavy (non-hydrogen) atoms. The Bertz CT molecular complexity index is 375. The highest BCUT2D eigenvalue weighted by Gasteiger charge is 2.33. The number of amides is 1. The van der Waals surface area contributed by atoms with Crippen LogP contribution in [0.1, 0.15) is 0 Å². The van der Waals surface area contributed by atoms with Gasteiger partial charge < -0.3 is 20.2 Å². The van der Waals surface area contributed by atoms with Crippen LogP contribution in [0.25, 0.3) is 0 Å². The molecule has 1 aliphatic rings. The average Bonchev–Trinajstić information content (AvgIpc) is 2.11. The van der Waals surface area contributed by atoms with E-state index in [2.05, 4.69) is 0 Å². The first-order valence-corrected chi connectivity index (χ1v) is 4.41. The number of aliphatic hydroxyl groups excluding tert-OH is 1. The number of rotatable bonds is 4. The molecule has 0 aromatic carbocycles. The zero-order valence-electron chi connectivity index (χ0n) is 8.29. The summed E-state index contributed by atoms with van der Waals surface area (Å²) >= 11 is 0. The van der Waals surface area contributed by atoms with Gasteiger partial charge in [-0.05, 0) is 0 Å². The lowest BCUT2D eigenvalue weighted by atomic mass is 10.3. The van der Waals surface area contributed by atoms with Gasteiger partial charge in [-0.1, -0.05) is 0 Å². The van der Waals surface area contributed by atoms with Gasteiger partial charge in [0, 0.05) is 0 Å². The Hall–Kier alpha value is -2.12. The Morgan fingerprint density at radius 2 is 1.94 bits per heavy atom. The maximum absolute atomic E-state index is 11.4. The van der Waals surface area contributed by atoms with Gasteiger partial charge in [0.25, 0.3) is 5.91 Å². The smallest absolute Gasteiger partial charge is 0.369 e. The normalized spacial score (nSPS) is 16.5. The van der Waals surface area contributed by atoms with Crippen LogP contribution in [0, 0.1) is 0 Å². The molecule has 3 N–H and O–H groups in total. The highest BCUT2D eigenvalue weighted by Crippen LogP contribution is 1.99. The van der Waals surface area contributed by atoms with Crippen LogP contribution < -0.4 is 0 Å².